The van der Waals surface area contributed by atoms with Gasteiger partial charge in [0.25, 0.3) is 0 Å². The van der Waals surface area contributed by atoms with Crippen LogP contribution in [0.25, 0.3) is 0 Å². The molecule has 14 heavy (non-hydrogen) atoms. The molecular formula is C11H23NO2. The molecule has 0 radical (unpaired) electrons. The first kappa shape index (κ1) is 13.4. The third-order valence-corrected chi connectivity index (χ3v) is 2.74. The summed E-state index contributed by atoms with van der Waals surface area (Å²) in [5.74, 6) is 0.639. The second-order valence-electron chi connectivity index (χ2n) is 4.57. The summed E-state index contributed by atoms with van der Waals surface area (Å²) < 4.78 is 0. The molecule has 0 aromatic carbocycles. The van der Waals surface area contributed by atoms with E-state index >= 15 is 0 Å². The highest BCUT2D eigenvalue weighted by atomic mass is 16.3. The van der Waals surface area contributed by atoms with Gasteiger partial charge in [0.1, 0.15) is 0 Å². The Morgan fingerprint density at radius 1 is 1.14 bits per heavy atom. The molecule has 0 rings (SSSR count). The molecule has 0 saturated heterocycles. The van der Waals surface area contributed by atoms with Crippen molar-refractivity contribution in [2.45, 2.75) is 40.7 Å². The molecule has 0 aromatic heterocycles. The molecule has 3 nitrogen and oxygen atoms in total. The SMILES string of the molecule is CC(C)C(C)C(=O)N[C@H](CO)C(C)C. The van der Waals surface area contributed by atoms with Gasteiger partial charge in [0.2, 0.25) is 5.91 Å². The van der Waals surface area contributed by atoms with Crippen molar-refractivity contribution in [1.29, 1.82) is 0 Å². The predicted molar refractivity (Wildman–Crippen MR) is 57.9 cm³/mol. The number of nitrogens with one attached hydrogen (secondary N) is 1. The van der Waals surface area contributed by atoms with E-state index in [0.717, 1.165) is 0 Å². The van der Waals surface area contributed by atoms with E-state index in [-0.39, 0.29) is 30.4 Å². The number of hydrogen-bond donors (Lipinski definition) is 2. The lowest BCUT2D eigenvalue weighted by molar-refractivity contribution is -0.127. The normalized spacial score (nSPS) is 15.7. The van der Waals surface area contributed by atoms with E-state index in [4.69, 9.17) is 5.11 Å². The zero-order valence-corrected chi connectivity index (χ0v) is 9.87. The number of aliphatic hydroxyl groups excluding tert-OH is 1. The quantitative estimate of drug-likeness (QED) is 0.706. The number of carbonyl (C=O) groups excluding carboxylic acids is 1. The zero-order valence-electron chi connectivity index (χ0n) is 9.87. The van der Waals surface area contributed by atoms with Crippen molar-refractivity contribution in [3.05, 3.63) is 0 Å². The molecule has 0 aliphatic heterocycles. The van der Waals surface area contributed by atoms with E-state index in [1.807, 2.05) is 34.6 Å². The summed E-state index contributed by atoms with van der Waals surface area (Å²) in [6.45, 7) is 9.94. The van der Waals surface area contributed by atoms with Crippen LogP contribution in [-0.2, 0) is 4.79 Å². The van der Waals surface area contributed by atoms with Crippen molar-refractivity contribution < 1.29 is 9.90 Å². The minimum absolute atomic E-state index is 0.00259. The van der Waals surface area contributed by atoms with Gasteiger partial charge in [-0.25, -0.2) is 0 Å². The van der Waals surface area contributed by atoms with Gasteiger partial charge in [0.15, 0.2) is 0 Å². The van der Waals surface area contributed by atoms with Gasteiger partial charge in [0.05, 0.1) is 12.6 Å². The molecule has 0 aliphatic rings. The smallest absolute Gasteiger partial charge is 0.223 e. The second-order valence-corrected chi connectivity index (χ2v) is 4.57. The van der Waals surface area contributed by atoms with Gasteiger partial charge in [0, 0.05) is 5.92 Å². The molecule has 2 atom stereocenters. The molecule has 0 aromatic rings. The summed E-state index contributed by atoms with van der Waals surface area (Å²) in [6, 6.07) is -0.122. The largest absolute Gasteiger partial charge is 0.394 e. The molecule has 0 spiro atoms. The molecular weight excluding hydrogens is 178 g/mol. The lowest BCUT2D eigenvalue weighted by atomic mass is 9.96. The number of carbonyl (C=O) groups is 1. The minimum atomic E-state index is -0.122. The highest BCUT2D eigenvalue weighted by molar-refractivity contribution is 5.78. The Bertz CT molecular complexity index is 178. The molecule has 0 fully saturated rings. The Hall–Kier alpha value is -0.570. The maximum atomic E-state index is 11.6. The lowest BCUT2D eigenvalue weighted by Crippen LogP contribution is -2.44. The van der Waals surface area contributed by atoms with Crippen LogP contribution < -0.4 is 5.32 Å². The summed E-state index contributed by atoms with van der Waals surface area (Å²) in [4.78, 5) is 11.6. The highest BCUT2D eigenvalue weighted by Gasteiger charge is 2.21. The first-order valence-electron chi connectivity index (χ1n) is 5.31. The third kappa shape index (κ3) is 4.09. The Labute approximate surface area is 86.9 Å². The van der Waals surface area contributed by atoms with E-state index < -0.39 is 0 Å². The van der Waals surface area contributed by atoms with Gasteiger partial charge in [-0.05, 0) is 11.8 Å². The Morgan fingerprint density at radius 2 is 1.64 bits per heavy atom. The van der Waals surface area contributed by atoms with Crippen molar-refractivity contribution in [2.75, 3.05) is 6.61 Å². The van der Waals surface area contributed by atoms with Crippen LogP contribution >= 0.6 is 0 Å². The first-order chi connectivity index (χ1) is 6.40. The van der Waals surface area contributed by atoms with Crippen LogP contribution in [-0.4, -0.2) is 23.7 Å². The Morgan fingerprint density at radius 3 is 1.93 bits per heavy atom. The van der Waals surface area contributed by atoms with Crippen LogP contribution in [0, 0.1) is 17.8 Å². The van der Waals surface area contributed by atoms with E-state index in [2.05, 4.69) is 5.32 Å². The molecule has 0 heterocycles. The summed E-state index contributed by atoms with van der Waals surface area (Å²) in [5, 5.41) is 11.9. The molecule has 0 bridgehead atoms. The van der Waals surface area contributed by atoms with E-state index in [1.54, 1.807) is 0 Å². The van der Waals surface area contributed by atoms with E-state index in [1.165, 1.54) is 0 Å². The van der Waals surface area contributed by atoms with Gasteiger partial charge in [-0.2, -0.15) is 0 Å². The topological polar surface area (TPSA) is 49.3 Å². The zero-order chi connectivity index (χ0) is 11.3. The van der Waals surface area contributed by atoms with E-state index in [9.17, 15) is 4.79 Å². The van der Waals surface area contributed by atoms with Crippen molar-refractivity contribution in [3.8, 4) is 0 Å². The van der Waals surface area contributed by atoms with E-state index in [0.29, 0.717) is 5.92 Å². The third-order valence-electron chi connectivity index (χ3n) is 2.74. The maximum absolute atomic E-state index is 11.6. The summed E-state index contributed by atoms with van der Waals surface area (Å²) in [7, 11) is 0. The first-order valence-corrected chi connectivity index (χ1v) is 5.31. The van der Waals surface area contributed by atoms with Crippen LogP contribution in [0.2, 0.25) is 0 Å². The lowest BCUT2D eigenvalue weighted by Gasteiger charge is -2.23. The van der Waals surface area contributed by atoms with Crippen molar-refractivity contribution in [1.82, 2.24) is 5.32 Å². The average molecular weight is 201 g/mol. The fraction of sp³-hybridized carbons (Fsp3) is 0.909. The monoisotopic (exact) mass is 201 g/mol. The molecule has 1 amide bonds. The molecule has 84 valence electrons. The Kier molecular flexibility index (Phi) is 5.77. The van der Waals surface area contributed by atoms with Crippen molar-refractivity contribution in [2.24, 2.45) is 17.8 Å². The van der Waals surface area contributed by atoms with Gasteiger partial charge < -0.3 is 10.4 Å². The van der Waals surface area contributed by atoms with Gasteiger partial charge in [-0.15, -0.1) is 0 Å². The predicted octanol–water partition coefficient (Wildman–Crippen LogP) is 1.41. The fourth-order valence-electron chi connectivity index (χ4n) is 1.04. The van der Waals surface area contributed by atoms with Crippen LogP contribution in [0.5, 0.6) is 0 Å². The molecule has 0 saturated carbocycles. The van der Waals surface area contributed by atoms with Gasteiger partial charge in [-0.3, -0.25) is 4.79 Å². The second kappa shape index (κ2) is 6.02. The van der Waals surface area contributed by atoms with Crippen molar-refractivity contribution in [3.63, 3.8) is 0 Å². The van der Waals surface area contributed by atoms with Crippen LogP contribution in [0.15, 0.2) is 0 Å². The van der Waals surface area contributed by atoms with Gasteiger partial charge in [-0.1, -0.05) is 34.6 Å². The van der Waals surface area contributed by atoms with Crippen LogP contribution in [0.1, 0.15) is 34.6 Å². The molecule has 1 unspecified atom stereocenters. The van der Waals surface area contributed by atoms with Gasteiger partial charge >= 0.3 is 0 Å². The maximum Gasteiger partial charge on any atom is 0.223 e. The summed E-state index contributed by atoms with van der Waals surface area (Å²) in [6.07, 6.45) is 0. The van der Waals surface area contributed by atoms with Crippen LogP contribution in [0.3, 0.4) is 0 Å². The standard InChI is InChI=1S/C11H23NO2/c1-7(2)9(5)11(14)12-10(6-13)8(3)4/h7-10,13H,6H2,1-5H3,(H,12,14)/t9?,10-/m1/s1. The number of amides is 1. The molecule has 2 N–H and O–H groups in total. The number of rotatable bonds is 5. The molecule has 3 heteroatoms. The average Bonchev–Trinajstić information content (AvgIpc) is 2.11. The van der Waals surface area contributed by atoms with Crippen molar-refractivity contribution >= 4 is 5.91 Å². The summed E-state index contributed by atoms with van der Waals surface area (Å²) >= 11 is 0. The Balaban J connectivity index is 4.15. The number of hydrogen-bond acceptors (Lipinski definition) is 2. The minimum Gasteiger partial charge on any atom is -0.394 e. The number of aliphatic hydroxyl groups is 1. The fourth-order valence-corrected chi connectivity index (χ4v) is 1.04. The highest BCUT2D eigenvalue weighted by Crippen LogP contribution is 2.10. The molecule has 0 aliphatic carbocycles. The van der Waals surface area contributed by atoms with Crippen LogP contribution in [0.4, 0.5) is 0 Å². The summed E-state index contributed by atoms with van der Waals surface area (Å²) in [5.41, 5.74) is 0.